The van der Waals surface area contributed by atoms with E-state index in [9.17, 15) is 15.0 Å². The molecule has 4 N–H and O–H groups in total. The average molecular weight is 385 g/mol. The topological polar surface area (TPSA) is 145 Å². The third kappa shape index (κ3) is 4.35. The number of anilines is 1. The first kappa shape index (κ1) is 19.1. The predicted molar refractivity (Wildman–Crippen MR) is 98.5 cm³/mol. The number of rotatable bonds is 8. The van der Waals surface area contributed by atoms with E-state index in [2.05, 4.69) is 25.7 Å². The third-order valence-electron chi connectivity index (χ3n) is 3.69. The van der Waals surface area contributed by atoms with Crippen molar-refractivity contribution in [2.75, 3.05) is 11.9 Å². The quantitative estimate of drug-likeness (QED) is 0.344. The number of furan rings is 1. The lowest BCUT2D eigenvalue weighted by Crippen LogP contribution is -2.23. The fraction of sp³-hybridized carbons (Fsp3) is 0.222. The Morgan fingerprint density at radius 3 is 2.82 bits per heavy atom. The highest BCUT2D eigenvalue weighted by atomic mass is 16.5. The number of nitrogens with zero attached hydrogens (tertiary/aromatic N) is 3. The van der Waals surface area contributed by atoms with Gasteiger partial charge in [-0.2, -0.15) is 10.2 Å². The van der Waals surface area contributed by atoms with Gasteiger partial charge in [-0.25, -0.2) is 9.89 Å². The maximum Gasteiger partial charge on any atom is 0.336 e. The van der Waals surface area contributed by atoms with Crippen LogP contribution in [-0.4, -0.2) is 33.0 Å². The summed E-state index contributed by atoms with van der Waals surface area (Å²) in [5, 5.41) is 36.4. The molecule has 0 radical (unpaired) electrons. The predicted octanol–water partition coefficient (Wildman–Crippen LogP) is 3.33. The summed E-state index contributed by atoms with van der Waals surface area (Å²) < 4.78 is 10.4. The van der Waals surface area contributed by atoms with Crippen LogP contribution >= 0.6 is 0 Å². The second-order valence-corrected chi connectivity index (χ2v) is 5.65. The minimum atomic E-state index is -1.06. The van der Waals surface area contributed by atoms with Gasteiger partial charge in [0.2, 0.25) is 5.88 Å². The van der Waals surface area contributed by atoms with Gasteiger partial charge in [0.05, 0.1) is 25.2 Å². The van der Waals surface area contributed by atoms with E-state index in [4.69, 9.17) is 9.15 Å². The maximum absolute atomic E-state index is 12.4. The molecule has 3 aromatic rings. The number of benzene rings is 1. The number of azo groups is 1. The highest BCUT2D eigenvalue weighted by molar-refractivity contribution is 5.82. The SMILES string of the molecule is CCOC(=O)C(Nc1n[nH]c(O)c1/N=N/c1ccccc1)c1cc(CO)co1. The van der Waals surface area contributed by atoms with Gasteiger partial charge in [-0.15, -0.1) is 5.11 Å². The van der Waals surface area contributed by atoms with Crippen LogP contribution in [0.1, 0.15) is 24.3 Å². The van der Waals surface area contributed by atoms with Crippen LogP contribution in [0, 0.1) is 0 Å². The lowest BCUT2D eigenvalue weighted by atomic mass is 10.2. The Bertz CT molecular complexity index is 950. The van der Waals surface area contributed by atoms with E-state index in [1.165, 1.54) is 12.3 Å². The fourth-order valence-electron chi connectivity index (χ4n) is 2.36. The number of nitrogens with one attached hydrogen (secondary N) is 2. The summed E-state index contributed by atoms with van der Waals surface area (Å²) in [6.45, 7) is 1.60. The first-order valence-corrected chi connectivity index (χ1v) is 8.47. The molecule has 28 heavy (non-hydrogen) atoms. The number of aliphatic hydroxyl groups excluding tert-OH is 1. The van der Waals surface area contributed by atoms with Gasteiger partial charge in [0.1, 0.15) is 5.76 Å². The Labute approximate surface area is 159 Å². The molecular weight excluding hydrogens is 366 g/mol. The number of ether oxygens (including phenoxy) is 1. The highest BCUT2D eigenvalue weighted by Crippen LogP contribution is 2.36. The Hall–Kier alpha value is -3.66. The number of esters is 1. The zero-order chi connectivity index (χ0) is 19.9. The normalized spacial score (nSPS) is 12.2. The lowest BCUT2D eigenvalue weighted by Gasteiger charge is -2.14. The number of aromatic amines is 1. The van der Waals surface area contributed by atoms with Crippen molar-refractivity contribution in [3.63, 3.8) is 0 Å². The van der Waals surface area contributed by atoms with Crippen molar-refractivity contribution in [2.24, 2.45) is 10.2 Å². The zero-order valence-electron chi connectivity index (χ0n) is 15.0. The van der Waals surface area contributed by atoms with Crippen LogP contribution in [0.3, 0.4) is 0 Å². The van der Waals surface area contributed by atoms with Gasteiger partial charge < -0.3 is 24.7 Å². The smallest absolute Gasteiger partial charge is 0.336 e. The molecule has 1 unspecified atom stereocenters. The van der Waals surface area contributed by atoms with Crippen molar-refractivity contribution in [3.8, 4) is 5.88 Å². The van der Waals surface area contributed by atoms with E-state index in [0.29, 0.717) is 11.3 Å². The number of aromatic hydroxyl groups is 1. The molecule has 2 aromatic heterocycles. The minimum Gasteiger partial charge on any atom is -0.492 e. The molecular formula is C18H19N5O5. The molecule has 0 bridgehead atoms. The molecule has 10 heteroatoms. The average Bonchev–Trinajstić information content (AvgIpc) is 3.32. The van der Waals surface area contributed by atoms with E-state index in [-0.39, 0.29) is 36.4 Å². The molecule has 0 aliphatic rings. The van der Waals surface area contributed by atoms with Crippen LogP contribution in [0.15, 0.2) is 57.3 Å². The Morgan fingerprint density at radius 2 is 2.14 bits per heavy atom. The molecule has 10 nitrogen and oxygen atoms in total. The molecule has 0 amide bonds. The molecule has 0 aliphatic carbocycles. The molecule has 0 saturated carbocycles. The molecule has 0 saturated heterocycles. The fourth-order valence-corrected chi connectivity index (χ4v) is 2.36. The van der Waals surface area contributed by atoms with Gasteiger partial charge in [0.25, 0.3) is 0 Å². The standard InChI is InChI=1S/C18H19N5O5/c1-2-27-18(26)14(13-8-11(9-24)10-28-13)19-16-15(17(25)23-22-16)21-20-12-6-4-3-5-7-12/h3-8,10,14,24H,2,9H2,1H3,(H3,19,22,23,25)/b21-20+. The lowest BCUT2D eigenvalue weighted by molar-refractivity contribution is -0.144. The summed E-state index contributed by atoms with van der Waals surface area (Å²) in [6.07, 6.45) is 1.33. The molecule has 0 aliphatic heterocycles. The van der Waals surface area contributed by atoms with Crippen molar-refractivity contribution in [2.45, 2.75) is 19.6 Å². The van der Waals surface area contributed by atoms with E-state index in [1.54, 1.807) is 31.2 Å². The first-order chi connectivity index (χ1) is 13.6. The summed E-state index contributed by atoms with van der Waals surface area (Å²) in [4.78, 5) is 12.4. The van der Waals surface area contributed by atoms with Gasteiger partial charge >= 0.3 is 5.97 Å². The second-order valence-electron chi connectivity index (χ2n) is 5.65. The Kier molecular flexibility index (Phi) is 6.02. The van der Waals surface area contributed by atoms with E-state index in [0.717, 1.165) is 0 Å². The van der Waals surface area contributed by atoms with Crippen molar-refractivity contribution < 1.29 is 24.2 Å². The number of aliphatic hydroxyl groups is 1. The number of aromatic nitrogens is 2. The Morgan fingerprint density at radius 1 is 1.36 bits per heavy atom. The van der Waals surface area contributed by atoms with E-state index >= 15 is 0 Å². The molecule has 1 aromatic carbocycles. The number of carbonyl (C=O) groups is 1. The number of carbonyl (C=O) groups excluding carboxylic acids is 1. The summed E-state index contributed by atoms with van der Waals surface area (Å²) >= 11 is 0. The van der Waals surface area contributed by atoms with Gasteiger partial charge in [-0.1, -0.05) is 18.2 Å². The number of hydrogen-bond donors (Lipinski definition) is 4. The second kappa shape index (κ2) is 8.82. The van der Waals surface area contributed by atoms with Gasteiger partial charge in [-0.3, -0.25) is 0 Å². The van der Waals surface area contributed by atoms with Gasteiger partial charge in [0, 0.05) is 5.56 Å². The summed E-state index contributed by atoms with van der Waals surface area (Å²) in [6, 6.07) is 9.39. The van der Waals surface area contributed by atoms with Crippen molar-refractivity contribution in [1.82, 2.24) is 10.2 Å². The molecule has 3 rings (SSSR count). The van der Waals surface area contributed by atoms with Gasteiger partial charge in [-0.05, 0) is 25.1 Å². The van der Waals surface area contributed by atoms with Gasteiger partial charge in [0.15, 0.2) is 17.5 Å². The summed E-state index contributed by atoms with van der Waals surface area (Å²) in [5.41, 5.74) is 1.10. The largest absolute Gasteiger partial charge is 0.492 e. The summed E-state index contributed by atoms with van der Waals surface area (Å²) in [5.74, 6) is -0.636. The van der Waals surface area contributed by atoms with E-state index < -0.39 is 12.0 Å². The van der Waals surface area contributed by atoms with Crippen LogP contribution in [0.2, 0.25) is 0 Å². The Balaban J connectivity index is 1.88. The minimum absolute atomic E-state index is 0.0205. The molecule has 0 spiro atoms. The van der Waals surface area contributed by atoms with Crippen LogP contribution in [-0.2, 0) is 16.1 Å². The molecule has 2 heterocycles. The molecule has 0 fully saturated rings. The number of H-pyrrole nitrogens is 1. The monoisotopic (exact) mass is 385 g/mol. The van der Waals surface area contributed by atoms with Crippen molar-refractivity contribution >= 4 is 23.2 Å². The maximum atomic E-state index is 12.4. The first-order valence-electron chi connectivity index (χ1n) is 8.47. The van der Waals surface area contributed by atoms with Crippen LogP contribution in [0.4, 0.5) is 17.2 Å². The molecule has 146 valence electrons. The van der Waals surface area contributed by atoms with Crippen LogP contribution < -0.4 is 5.32 Å². The van der Waals surface area contributed by atoms with Crippen LogP contribution in [0.5, 0.6) is 5.88 Å². The van der Waals surface area contributed by atoms with Crippen molar-refractivity contribution in [3.05, 3.63) is 54.0 Å². The molecule has 1 atom stereocenters. The summed E-state index contributed by atoms with van der Waals surface area (Å²) in [7, 11) is 0. The third-order valence-corrected chi connectivity index (χ3v) is 3.69. The van der Waals surface area contributed by atoms with Crippen LogP contribution in [0.25, 0.3) is 0 Å². The highest BCUT2D eigenvalue weighted by Gasteiger charge is 2.28. The zero-order valence-corrected chi connectivity index (χ0v) is 15.0. The van der Waals surface area contributed by atoms with E-state index in [1.807, 2.05) is 6.07 Å². The van der Waals surface area contributed by atoms with Crippen molar-refractivity contribution in [1.29, 1.82) is 0 Å². The number of hydrogen-bond acceptors (Lipinski definition) is 9.